The Morgan fingerprint density at radius 3 is 2.61 bits per heavy atom. The summed E-state index contributed by atoms with van der Waals surface area (Å²) in [6, 6.07) is 10.0. The Labute approximate surface area is 112 Å². The number of hydrogen-bond acceptors (Lipinski definition) is 2. The summed E-state index contributed by atoms with van der Waals surface area (Å²) in [5.74, 6) is 0.170. The molecule has 0 amide bonds. The Hall–Kier alpha value is -1.79. The van der Waals surface area contributed by atoms with Crippen LogP contribution in [0.1, 0.15) is 36.6 Å². The minimum atomic E-state index is 0.170. The van der Waals surface area contributed by atoms with E-state index in [0.717, 1.165) is 16.9 Å². The van der Waals surface area contributed by atoms with Crippen molar-refractivity contribution in [3.63, 3.8) is 0 Å². The monoisotopic (exact) mass is 259 g/mol. The lowest BCUT2D eigenvalue weighted by molar-refractivity contribution is 0.767. The van der Waals surface area contributed by atoms with Crippen LogP contribution in [-0.2, 0) is 0 Å². The van der Waals surface area contributed by atoms with Crippen molar-refractivity contribution in [2.75, 3.05) is 0 Å². The van der Waals surface area contributed by atoms with Crippen LogP contribution < -0.4 is 0 Å². The van der Waals surface area contributed by atoms with Gasteiger partial charge in [-0.15, -0.1) is 0 Å². The van der Waals surface area contributed by atoms with Crippen molar-refractivity contribution in [3.8, 4) is 11.8 Å². The van der Waals surface area contributed by atoms with E-state index in [1.807, 2.05) is 45.0 Å². The summed E-state index contributed by atoms with van der Waals surface area (Å²) in [6.07, 6.45) is 0. The molecule has 4 heteroatoms. The maximum atomic E-state index is 9.18. The van der Waals surface area contributed by atoms with E-state index in [1.54, 1.807) is 4.68 Å². The number of nitrogens with zero attached hydrogens (tertiary/aromatic N) is 3. The average Bonchev–Trinajstić information content (AvgIpc) is 2.66. The largest absolute Gasteiger partial charge is 0.221 e. The highest BCUT2D eigenvalue weighted by Gasteiger charge is 2.19. The van der Waals surface area contributed by atoms with Crippen molar-refractivity contribution in [2.45, 2.75) is 26.7 Å². The molecule has 0 bridgehead atoms. The van der Waals surface area contributed by atoms with Gasteiger partial charge in [-0.05, 0) is 30.5 Å². The third-order valence-electron chi connectivity index (χ3n) is 2.76. The highest BCUT2D eigenvalue weighted by molar-refractivity contribution is 6.31. The predicted octanol–water partition coefficient (Wildman–Crippen LogP) is 3.83. The summed E-state index contributed by atoms with van der Waals surface area (Å²) in [5, 5.41) is 14.0. The number of hydrogen-bond donors (Lipinski definition) is 0. The maximum absolute atomic E-state index is 9.18. The molecule has 0 aliphatic carbocycles. The van der Waals surface area contributed by atoms with Gasteiger partial charge in [-0.3, -0.25) is 0 Å². The molecule has 0 unspecified atom stereocenters. The Morgan fingerprint density at radius 1 is 1.39 bits per heavy atom. The molecule has 0 saturated heterocycles. The van der Waals surface area contributed by atoms with Crippen LogP contribution in [0.2, 0.25) is 5.15 Å². The van der Waals surface area contributed by atoms with Gasteiger partial charge in [0.1, 0.15) is 11.6 Å². The van der Waals surface area contributed by atoms with E-state index in [9.17, 15) is 5.26 Å². The van der Waals surface area contributed by atoms with Crippen LogP contribution in [0.3, 0.4) is 0 Å². The van der Waals surface area contributed by atoms with Gasteiger partial charge in [0, 0.05) is 0 Å². The zero-order valence-electron chi connectivity index (χ0n) is 10.6. The Bertz CT molecular complexity index is 620. The van der Waals surface area contributed by atoms with Crippen LogP contribution in [0.25, 0.3) is 5.69 Å². The van der Waals surface area contributed by atoms with Gasteiger partial charge in [0.15, 0.2) is 5.15 Å². The van der Waals surface area contributed by atoms with Gasteiger partial charge in [0.05, 0.1) is 11.4 Å². The molecule has 1 heterocycles. The van der Waals surface area contributed by atoms with Crippen molar-refractivity contribution >= 4 is 11.6 Å². The summed E-state index contributed by atoms with van der Waals surface area (Å²) in [4.78, 5) is 0. The maximum Gasteiger partial charge on any atom is 0.150 e. The summed E-state index contributed by atoms with van der Waals surface area (Å²) in [6.45, 7) is 6.01. The first kappa shape index (κ1) is 12.7. The average molecular weight is 260 g/mol. The van der Waals surface area contributed by atoms with Crippen molar-refractivity contribution in [3.05, 3.63) is 46.2 Å². The number of aryl methyl sites for hydroxylation is 1. The fraction of sp³-hybridized carbons (Fsp3) is 0.286. The number of aromatic nitrogens is 2. The second-order valence-corrected chi connectivity index (χ2v) is 4.93. The molecule has 3 nitrogen and oxygen atoms in total. The van der Waals surface area contributed by atoms with E-state index in [-0.39, 0.29) is 5.92 Å². The molecule has 1 aromatic heterocycles. The molecule has 0 fully saturated rings. The van der Waals surface area contributed by atoms with Crippen molar-refractivity contribution in [1.29, 1.82) is 5.26 Å². The van der Waals surface area contributed by atoms with Crippen LogP contribution in [0.4, 0.5) is 0 Å². The van der Waals surface area contributed by atoms with Crippen molar-refractivity contribution < 1.29 is 0 Å². The van der Waals surface area contributed by atoms with Gasteiger partial charge < -0.3 is 0 Å². The van der Waals surface area contributed by atoms with Crippen LogP contribution in [-0.4, -0.2) is 9.78 Å². The first-order valence-corrected chi connectivity index (χ1v) is 6.18. The van der Waals surface area contributed by atoms with E-state index in [0.29, 0.717) is 10.7 Å². The van der Waals surface area contributed by atoms with Crippen molar-refractivity contribution in [2.24, 2.45) is 0 Å². The SMILES string of the molecule is Cc1cccc(-n2nc(C(C)C)c(C#N)c2Cl)c1. The van der Waals surface area contributed by atoms with E-state index >= 15 is 0 Å². The van der Waals surface area contributed by atoms with E-state index < -0.39 is 0 Å². The van der Waals surface area contributed by atoms with Gasteiger partial charge >= 0.3 is 0 Å². The highest BCUT2D eigenvalue weighted by Crippen LogP contribution is 2.27. The van der Waals surface area contributed by atoms with Crippen LogP contribution in [0.5, 0.6) is 0 Å². The van der Waals surface area contributed by atoms with Gasteiger partial charge in [0.2, 0.25) is 0 Å². The molecule has 0 radical (unpaired) electrons. The topological polar surface area (TPSA) is 41.6 Å². The second-order valence-electron chi connectivity index (χ2n) is 4.57. The smallest absolute Gasteiger partial charge is 0.150 e. The molecule has 0 saturated carbocycles. The molecular formula is C14H14ClN3. The summed E-state index contributed by atoms with van der Waals surface area (Å²) in [5.41, 5.74) is 3.21. The van der Waals surface area contributed by atoms with Crippen LogP contribution in [0, 0.1) is 18.3 Å². The third kappa shape index (κ3) is 2.12. The summed E-state index contributed by atoms with van der Waals surface area (Å²) >= 11 is 6.24. The standard InChI is InChI=1S/C14H14ClN3/c1-9(2)13-12(8-16)14(15)18(17-13)11-6-4-5-10(3)7-11/h4-7,9H,1-3H3. The zero-order chi connectivity index (χ0) is 13.3. The Morgan fingerprint density at radius 2 is 2.11 bits per heavy atom. The first-order valence-electron chi connectivity index (χ1n) is 5.80. The molecule has 2 aromatic rings. The molecule has 1 aromatic carbocycles. The quantitative estimate of drug-likeness (QED) is 0.822. The summed E-state index contributed by atoms with van der Waals surface area (Å²) < 4.78 is 1.63. The third-order valence-corrected chi connectivity index (χ3v) is 3.11. The van der Waals surface area contributed by atoms with Crippen molar-refractivity contribution in [1.82, 2.24) is 9.78 Å². The lowest BCUT2D eigenvalue weighted by atomic mass is 10.1. The van der Waals surface area contributed by atoms with Gasteiger partial charge in [-0.1, -0.05) is 37.6 Å². The Balaban J connectivity index is 2.63. The van der Waals surface area contributed by atoms with E-state index in [1.165, 1.54) is 0 Å². The van der Waals surface area contributed by atoms with E-state index in [2.05, 4.69) is 11.2 Å². The molecular weight excluding hydrogens is 246 g/mol. The first-order chi connectivity index (χ1) is 8.54. The fourth-order valence-corrected chi connectivity index (χ4v) is 2.13. The van der Waals surface area contributed by atoms with Gasteiger partial charge in [0.25, 0.3) is 0 Å². The molecule has 2 rings (SSSR count). The van der Waals surface area contributed by atoms with Gasteiger partial charge in [-0.2, -0.15) is 10.4 Å². The molecule has 0 atom stereocenters. The molecule has 0 N–H and O–H groups in total. The number of halogens is 1. The molecule has 92 valence electrons. The Kier molecular flexibility index (Phi) is 3.40. The van der Waals surface area contributed by atoms with Crippen LogP contribution >= 0.6 is 11.6 Å². The number of benzene rings is 1. The highest BCUT2D eigenvalue weighted by atomic mass is 35.5. The zero-order valence-corrected chi connectivity index (χ0v) is 11.4. The lowest BCUT2D eigenvalue weighted by Gasteiger charge is -2.04. The number of rotatable bonds is 2. The molecule has 0 spiro atoms. The molecule has 0 aliphatic heterocycles. The predicted molar refractivity (Wildman–Crippen MR) is 72.1 cm³/mol. The molecule has 18 heavy (non-hydrogen) atoms. The minimum absolute atomic E-state index is 0.170. The fourth-order valence-electron chi connectivity index (χ4n) is 1.85. The van der Waals surface area contributed by atoms with Gasteiger partial charge in [-0.25, -0.2) is 4.68 Å². The van der Waals surface area contributed by atoms with E-state index in [4.69, 9.17) is 11.6 Å². The number of nitriles is 1. The van der Waals surface area contributed by atoms with Crippen LogP contribution in [0.15, 0.2) is 24.3 Å². The second kappa shape index (κ2) is 4.83. The normalized spacial score (nSPS) is 10.7. The minimum Gasteiger partial charge on any atom is -0.221 e. The molecule has 0 aliphatic rings. The summed E-state index contributed by atoms with van der Waals surface area (Å²) in [7, 11) is 0. The lowest BCUT2D eigenvalue weighted by Crippen LogP contribution is -1.98.